The van der Waals surface area contributed by atoms with Crippen LogP contribution >= 0.6 is 11.3 Å². The summed E-state index contributed by atoms with van der Waals surface area (Å²) in [6.07, 6.45) is 0. The quantitative estimate of drug-likeness (QED) is 0.782. The lowest BCUT2D eigenvalue weighted by Gasteiger charge is -2.15. The molecule has 1 aromatic carbocycles. The monoisotopic (exact) mass is 303 g/mol. The molecule has 0 saturated carbocycles. The Balaban J connectivity index is 1.85. The Labute approximate surface area is 132 Å². The van der Waals surface area contributed by atoms with Crippen molar-refractivity contribution >= 4 is 11.3 Å². The first-order chi connectivity index (χ1) is 10.0. The molecule has 0 bridgehead atoms. The Morgan fingerprint density at radius 2 is 1.76 bits per heavy atom. The van der Waals surface area contributed by atoms with Gasteiger partial charge in [-0.25, -0.2) is 0 Å². The predicted molar refractivity (Wildman–Crippen MR) is 91.1 cm³/mol. The van der Waals surface area contributed by atoms with Gasteiger partial charge in [-0.15, -0.1) is 11.3 Å². The number of aryl methyl sites for hydroxylation is 1. The first-order valence-corrected chi connectivity index (χ1v) is 8.37. The molecule has 0 spiro atoms. The number of hydrogen-bond acceptors (Lipinski definition) is 3. The van der Waals surface area contributed by atoms with E-state index in [-0.39, 0.29) is 0 Å². The molecule has 2 nitrogen and oxygen atoms in total. The van der Waals surface area contributed by atoms with Crippen molar-refractivity contribution in [2.75, 3.05) is 6.61 Å². The second kappa shape index (κ2) is 7.62. The summed E-state index contributed by atoms with van der Waals surface area (Å²) in [7, 11) is 0. The highest BCUT2D eigenvalue weighted by Gasteiger charge is 2.06. The van der Waals surface area contributed by atoms with Crippen LogP contribution in [0.3, 0.4) is 0 Å². The number of hydrogen-bond donors (Lipinski definition) is 1. The third-order valence-corrected chi connectivity index (χ3v) is 4.34. The highest BCUT2D eigenvalue weighted by Crippen LogP contribution is 2.20. The number of rotatable bonds is 7. The van der Waals surface area contributed by atoms with Gasteiger partial charge in [-0.3, -0.25) is 0 Å². The average molecular weight is 303 g/mol. The van der Waals surface area contributed by atoms with Crippen molar-refractivity contribution in [3.63, 3.8) is 0 Å². The Morgan fingerprint density at radius 1 is 1.05 bits per heavy atom. The van der Waals surface area contributed by atoms with Crippen molar-refractivity contribution in [3.8, 4) is 5.75 Å². The van der Waals surface area contributed by atoms with Gasteiger partial charge in [-0.05, 0) is 49.6 Å². The molecule has 3 heteroatoms. The van der Waals surface area contributed by atoms with Crippen molar-refractivity contribution in [1.29, 1.82) is 0 Å². The minimum atomic E-state index is 0.339. The Kier molecular flexibility index (Phi) is 5.83. The molecule has 1 aromatic heterocycles. The maximum Gasteiger partial charge on any atom is 0.119 e. The van der Waals surface area contributed by atoms with Gasteiger partial charge in [0.2, 0.25) is 0 Å². The van der Waals surface area contributed by atoms with Gasteiger partial charge < -0.3 is 10.1 Å². The molecule has 2 rings (SSSR count). The van der Waals surface area contributed by atoms with E-state index < -0.39 is 0 Å². The average Bonchev–Trinajstić information content (AvgIpc) is 2.89. The van der Waals surface area contributed by atoms with Crippen LogP contribution in [-0.2, 0) is 6.54 Å². The maximum absolute atomic E-state index is 5.72. The van der Waals surface area contributed by atoms with Gasteiger partial charge in [0.25, 0.3) is 0 Å². The van der Waals surface area contributed by atoms with E-state index in [1.807, 2.05) is 11.3 Å². The molecule has 0 radical (unpaired) electrons. The molecule has 21 heavy (non-hydrogen) atoms. The van der Waals surface area contributed by atoms with Gasteiger partial charge in [-0.2, -0.15) is 0 Å². The van der Waals surface area contributed by atoms with Gasteiger partial charge in [0.15, 0.2) is 0 Å². The first kappa shape index (κ1) is 16.1. The second-order valence-electron chi connectivity index (χ2n) is 5.89. The van der Waals surface area contributed by atoms with E-state index in [0.717, 1.165) is 18.9 Å². The van der Waals surface area contributed by atoms with E-state index in [0.29, 0.717) is 12.0 Å². The second-order valence-corrected chi connectivity index (χ2v) is 7.26. The lowest BCUT2D eigenvalue weighted by Crippen LogP contribution is -2.17. The zero-order chi connectivity index (χ0) is 15.2. The van der Waals surface area contributed by atoms with Crippen LogP contribution in [0.5, 0.6) is 5.75 Å². The van der Waals surface area contributed by atoms with Crippen LogP contribution in [0.1, 0.15) is 42.1 Å². The van der Waals surface area contributed by atoms with Crippen molar-refractivity contribution in [1.82, 2.24) is 5.32 Å². The third-order valence-electron chi connectivity index (χ3n) is 3.34. The van der Waals surface area contributed by atoms with Gasteiger partial charge in [0.1, 0.15) is 5.75 Å². The fourth-order valence-electron chi connectivity index (χ4n) is 2.07. The molecule has 1 heterocycles. The summed E-state index contributed by atoms with van der Waals surface area (Å²) < 4.78 is 5.72. The SMILES string of the molecule is Cc1ccc(CNC(C)c2ccc(OCC(C)C)cc2)s1. The normalized spacial score (nSPS) is 12.6. The summed E-state index contributed by atoms with van der Waals surface area (Å²) in [6, 6.07) is 13.1. The highest BCUT2D eigenvalue weighted by molar-refractivity contribution is 7.11. The lowest BCUT2D eigenvalue weighted by atomic mass is 10.1. The molecule has 1 N–H and O–H groups in total. The Hall–Kier alpha value is -1.32. The fraction of sp³-hybridized carbons (Fsp3) is 0.444. The van der Waals surface area contributed by atoms with Gasteiger partial charge >= 0.3 is 0 Å². The smallest absolute Gasteiger partial charge is 0.119 e. The van der Waals surface area contributed by atoms with Crippen LogP contribution < -0.4 is 10.1 Å². The molecule has 0 amide bonds. The topological polar surface area (TPSA) is 21.3 Å². The highest BCUT2D eigenvalue weighted by atomic mass is 32.1. The van der Waals surface area contributed by atoms with Gasteiger partial charge in [0, 0.05) is 22.3 Å². The minimum absolute atomic E-state index is 0.339. The fourth-order valence-corrected chi connectivity index (χ4v) is 2.91. The summed E-state index contributed by atoms with van der Waals surface area (Å²) in [5.41, 5.74) is 1.29. The van der Waals surface area contributed by atoms with Crippen LogP contribution in [0.4, 0.5) is 0 Å². The molecule has 1 atom stereocenters. The minimum Gasteiger partial charge on any atom is -0.493 e. The van der Waals surface area contributed by atoms with Crippen molar-refractivity contribution in [2.24, 2.45) is 5.92 Å². The van der Waals surface area contributed by atoms with Crippen LogP contribution in [0.15, 0.2) is 36.4 Å². The predicted octanol–water partition coefficient (Wildman–Crippen LogP) is 4.94. The van der Waals surface area contributed by atoms with E-state index >= 15 is 0 Å². The standard InChI is InChI=1S/C18H25NOS/c1-13(2)12-20-17-8-6-16(7-9-17)15(4)19-11-18-10-5-14(3)21-18/h5-10,13,15,19H,11-12H2,1-4H3. The number of nitrogens with one attached hydrogen (secondary N) is 1. The van der Waals surface area contributed by atoms with Crippen molar-refractivity contribution in [2.45, 2.75) is 40.3 Å². The van der Waals surface area contributed by atoms with Crippen LogP contribution in [-0.4, -0.2) is 6.61 Å². The molecular weight excluding hydrogens is 278 g/mol. The molecule has 0 saturated heterocycles. The zero-order valence-corrected chi connectivity index (χ0v) is 14.2. The molecular formula is C18H25NOS. The van der Waals surface area contributed by atoms with E-state index in [4.69, 9.17) is 4.74 Å². The third kappa shape index (κ3) is 5.18. The largest absolute Gasteiger partial charge is 0.493 e. The number of thiophene rings is 1. The zero-order valence-electron chi connectivity index (χ0n) is 13.3. The van der Waals surface area contributed by atoms with Gasteiger partial charge in [-0.1, -0.05) is 26.0 Å². The molecule has 2 aromatic rings. The van der Waals surface area contributed by atoms with Crippen LogP contribution in [0.25, 0.3) is 0 Å². The van der Waals surface area contributed by atoms with Crippen LogP contribution in [0.2, 0.25) is 0 Å². The van der Waals surface area contributed by atoms with Crippen molar-refractivity contribution in [3.05, 3.63) is 51.7 Å². The molecule has 1 unspecified atom stereocenters. The van der Waals surface area contributed by atoms with Crippen LogP contribution in [0, 0.1) is 12.8 Å². The van der Waals surface area contributed by atoms with E-state index in [1.54, 1.807) is 0 Å². The Bertz CT molecular complexity index is 545. The van der Waals surface area contributed by atoms with E-state index in [1.165, 1.54) is 15.3 Å². The summed E-state index contributed by atoms with van der Waals surface area (Å²) in [5.74, 6) is 1.51. The summed E-state index contributed by atoms with van der Waals surface area (Å²) in [6.45, 7) is 10.4. The molecule has 114 valence electrons. The van der Waals surface area contributed by atoms with Crippen molar-refractivity contribution < 1.29 is 4.74 Å². The molecule has 0 fully saturated rings. The molecule has 0 aliphatic carbocycles. The summed E-state index contributed by atoms with van der Waals surface area (Å²) >= 11 is 1.85. The summed E-state index contributed by atoms with van der Waals surface area (Å²) in [5, 5.41) is 3.57. The van der Waals surface area contributed by atoms with Gasteiger partial charge in [0.05, 0.1) is 6.61 Å². The molecule has 0 aliphatic rings. The number of benzene rings is 1. The summed E-state index contributed by atoms with van der Waals surface area (Å²) in [4.78, 5) is 2.75. The number of ether oxygens (including phenoxy) is 1. The first-order valence-electron chi connectivity index (χ1n) is 7.56. The Morgan fingerprint density at radius 3 is 2.33 bits per heavy atom. The van der Waals surface area contributed by atoms with E-state index in [9.17, 15) is 0 Å². The van der Waals surface area contributed by atoms with E-state index in [2.05, 4.69) is 69.4 Å². The maximum atomic E-state index is 5.72. The molecule has 0 aliphatic heterocycles. The lowest BCUT2D eigenvalue weighted by molar-refractivity contribution is 0.271.